The quantitative estimate of drug-likeness (QED) is 0.714. The standard InChI is InChI=1S/C8H4Br2F4O/c9-3-1-4(7(11)12)6(10)5(2-3)15-8(13)14/h1-2,7-8H. The Morgan fingerprint density at radius 1 is 1.07 bits per heavy atom. The summed E-state index contributed by atoms with van der Waals surface area (Å²) in [5.41, 5.74) is -0.403. The highest BCUT2D eigenvalue weighted by Crippen LogP contribution is 2.38. The number of ether oxygens (including phenoxy) is 1. The third-order valence-corrected chi connectivity index (χ3v) is 2.79. The van der Waals surface area contributed by atoms with Gasteiger partial charge in [0.25, 0.3) is 6.43 Å². The molecule has 0 radical (unpaired) electrons. The van der Waals surface area contributed by atoms with Gasteiger partial charge in [-0.2, -0.15) is 8.78 Å². The first kappa shape index (κ1) is 12.8. The summed E-state index contributed by atoms with van der Waals surface area (Å²) in [4.78, 5) is 0. The van der Waals surface area contributed by atoms with Gasteiger partial charge in [0.1, 0.15) is 5.75 Å². The van der Waals surface area contributed by atoms with E-state index in [1.807, 2.05) is 0 Å². The van der Waals surface area contributed by atoms with Crippen molar-refractivity contribution < 1.29 is 22.3 Å². The van der Waals surface area contributed by atoms with Crippen molar-refractivity contribution in [2.75, 3.05) is 0 Å². The number of benzene rings is 1. The van der Waals surface area contributed by atoms with E-state index in [1.165, 1.54) is 6.07 Å². The molecule has 7 heteroatoms. The molecule has 0 spiro atoms. The maximum absolute atomic E-state index is 12.4. The first-order valence-corrected chi connectivity index (χ1v) is 5.22. The second kappa shape index (κ2) is 5.16. The monoisotopic (exact) mass is 350 g/mol. The van der Waals surface area contributed by atoms with E-state index in [-0.39, 0.29) is 14.7 Å². The maximum atomic E-state index is 12.4. The van der Waals surface area contributed by atoms with Gasteiger partial charge >= 0.3 is 6.61 Å². The molecular formula is C8H4Br2F4O. The molecule has 0 unspecified atom stereocenters. The van der Waals surface area contributed by atoms with Crippen molar-refractivity contribution >= 4 is 31.9 Å². The third kappa shape index (κ3) is 3.34. The lowest BCUT2D eigenvalue weighted by Crippen LogP contribution is -2.03. The van der Waals surface area contributed by atoms with Crippen LogP contribution in [0.5, 0.6) is 5.75 Å². The average molecular weight is 352 g/mol. The van der Waals surface area contributed by atoms with Crippen LogP contribution < -0.4 is 4.74 Å². The van der Waals surface area contributed by atoms with Gasteiger partial charge in [-0.25, -0.2) is 8.78 Å². The van der Waals surface area contributed by atoms with E-state index < -0.39 is 18.6 Å². The van der Waals surface area contributed by atoms with E-state index >= 15 is 0 Å². The molecule has 0 saturated carbocycles. The van der Waals surface area contributed by atoms with Crippen molar-refractivity contribution in [3.63, 3.8) is 0 Å². The minimum absolute atomic E-state index is 0.166. The summed E-state index contributed by atoms with van der Waals surface area (Å²) >= 11 is 5.71. The molecule has 0 N–H and O–H groups in total. The zero-order valence-corrected chi connectivity index (χ0v) is 10.2. The lowest BCUT2D eigenvalue weighted by molar-refractivity contribution is -0.0506. The minimum Gasteiger partial charge on any atom is -0.434 e. The van der Waals surface area contributed by atoms with Crippen LogP contribution in [0.4, 0.5) is 17.6 Å². The first-order chi connectivity index (χ1) is 6.91. The number of rotatable bonds is 3. The van der Waals surface area contributed by atoms with Crippen molar-refractivity contribution in [3.05, 3.63) is 26.6 Å². The third-order valence-electron chi connectivity index (χ3n) is 1.48. The van der Waals surface area contributed by atoms with Gasteiger partial charge in [0.2, 0.25) is 0 Å². The van der Waals surface area contributed by atoms with Crippen molar-refractivity contribution in [2.45, 2.75) is 13.0 Å². The van der Waals surface area contributed by atoms with E-state index in [1.54, 1.807) is 0 Å². The second-order valence-electron chi connectivity index (χ2n) is 2.49. The molecule has 1 nitrogen and oxygen atoms in total. The van der Waals surface area contributed by atoms with Gasteiger partial charge < -0.3 is 4.74 Å². The molecule has 1 aromatic rings. The van der Waals surface area contributed by atoms with Crippen LogP contribution in [0.3, 0.4) is 0 Å². The van der Waals surface area contributed by atoms with Crippen LogP contribution in [-0.4, -0.2) is 6.61 Å². The Balaban J connectivity index is 3.16. The molecule has 0 atom stereocenters. The van der Waals surface area contributed by atoms with Crippen LogP contribution in [0.1, 0.15) is 12.0 Å². The normalized spacial score (nSPS) is 11.2. The minimum atomic E-state index is -3.05. The highest BCUT2D eigenvalue weighted by molar-refractivity contribution is 9.11. The van der Waals surface area contributed by atoms with Gasteiger partial charge in [0.15, 0.2) is 0 Å². The Bertz CT molecular complexity index is 357. The summed E-state index contributed by atoms with van der Waals surface area (Å²) in [6.07, 6.45) is -2.77. The van der Waals surface area contributed by atoms with E-state index in [9.17, 15) is 17.6 Å². The molecule has 0 aromatic heterocycles. The van der Waals surface area contributed by atoms with Crippen molar-refractivity contribution in [1.29, 1.82) is 0 Å². The van der Waals surface area contributed by atoms with Crippen molar-refractivity contribution in [3.8, 4) is 5.75 Å². The van der Waals surface area contributed by atoms with Gasteiger partial charge in [0.05, 0.1) is 4.47 Å². The lowest BCUT2D eigenvalue weighted by Gasteiger charge is -2.11. The predicted octanol–water partition coefficient (Wildman–Crippen LogP) is 4.75. The van der Waals surface area contributed by atoms with Crippen LogP contribution in [0.2, 0.25) is 0 Å². The lowest BCUT2D eigenvalue weighted by atomic mass is 10.2. The molecule has 0 bridgehead atoms. The molecule has 0 aliphatic carbocycles. The average Bonchev–Trinajstić information content (AvgIpc) is 2.09. The Hall–Kier alpha value is -0.300. The number of hydrogen-bond acceptors (Lipinski definition) is 1. The molecule has 84 valence electrons. The van der Waals surface area contributed by atoms with Gasteiger partial charge in [-0.3, -0.25) is 0 Å². The molecule has 0 aliphatic rings. The molecule has 0 heterocycles. The SMILES string of the molecule is FC(F)Oc1cc(Br)cc(C(F)F)c1Br. The predicted molar refractivity (Wildman–Crippen MR) is 53.4 cm³/mol. The molecule has 0 saturated heterocycles. The molecular weight excluding hydrogens is 348 g/mol. The van der Waals surface area contributed by atoms with Gasteiger partial charge in [0, 0.05) is 10.0 Å². The fraction of sp³-hybridized carbons (Fsp3) is 0.250. The topological polar surface area (TPSA) is 9.23 Å². The highest BCUT2D eigenvalue weighted by atomic mass is 79.9. The fourth-order valence-corrected chi connectivity index (χ4v) is 1.87. The molecule has 0 aliphatic heterocycles. The summed E-state index contributed by atoms with van der Waals surface area (Å²) < 4.78 is 52.9. The van der Waals surface area contributed by atoms with Gasteiger partial charge in [-0.1, -0.05) is 15.9 Å². The maximum Gasteiger partial charge on any atom is 0.387 e. The number of hydrogen-bond donors (Lipinski definition) is 0. The van der Waals surface area contributed by atoms with E-state index in [4.69, 9.17) is 0 Å². The van der Waals surface area contributed by atoms with Crippen LogP contribution in [0, 0.1) is 0 Å². The van der Waals surface area contributed by atoms with Crippen LogP contribution >= 0.6 is 31.9 Å². The first-order valence-electron chi connectivity index (χ1n) is 3.63. The molecule has 0 amide bonds. The molecule has 15 heavy (non-hydrogen) atoms. The zero-order chi connectivity index (χ0) is 11.6. The van der Waals surface area contributed by atoms with E-state index in [0.717, 1.165) is 6.07 Å². The number of alkyl halides is 4. The van der Waals surface area contributed by atoms with Crippen molar-refractivity contribution in [2.24, 2.45) is 0 Å². The summed E-state index contributed by atoms with van der Waals surface area (Å²) in [6, 6.07) is 2.31. The van der Waals surface area contributed by atoms with E-state index in [0.29, 0.717) is 0 Å². The fourth-order valence-electron chi connectivity index (χ4n) is 0.925. The summed E-state index contributed by atoms with van der Waals surface area (Å²) in [5.74, 6) is -0.324. The molecule has 0 fully saturated rings. The van der Waals surface area contributed by atoms with Crippen LogP contribution in [0.25, 0.3) is 0 Å². The highest BCUT2D eigenvalue weighted by Gasteiger charge is 2.18. The largest absolute Gasteiger partial charge is 0.434 e. The molecule has 1 rings (SSSR count). The Morgan fingerprint density at radius 3 is 2.13 bits per heavy atom. The smallest absolute Gasteiger partial charge is 0.387 e. The summed E-state index contributed by atoms with van der Waals surface area (Å²) in [6.45, 7) is -3.05. The van der Waals surface area contributed by atoms with Crippen LogP contribution in [0.15, 0.2) is 21.1 Å². The Kier molecular flexibility index (Phi) is 4.39. The van der Waals surface area contributed by atoms with Gasteiger partial charge in [-0.05, 0) is 28.1 Å². The van der Waals surface area contributed by atoms with Crippen LogP contribution in [-0.2, 0) is 0 Å². The Labute approximate surface area is 99.7 Å². The summed E-state index contributed by atoms with van der Waals surface area (Å²) in [7, 11) is 0. The summed E-state index contributed by atoms with van der Waals surface area (Å²) in [5, 5.41) is 0. The zero-order valence-electron chi connectivity index (χ0n) is 6.99. The van der Waals surface area contributed by atoms with Crippen molar-refractivity contribution in [1.82, 2.24) is 0 Å². The van der Waals surface area contributed by atoms with E-state index in [2.05, 4.69) is 36.6 Å². The molecule has 1 aromatic carbocycles. The second-order valence-corrected chi connectivity index (χ2v) is 4.20. The Morgan fingerprint density at radius 2 is 1.67 bits per heavy atom. The number of halogens is 6. The van der Waals surface area contributed by atoms with Gasteiger partial charge in [-0.15, -0.1) is 0 Å².